The lowest BCUT2D eigenvalue weighted by Gasteiger charge is -1.88. The lowest BCUT2D eigenvalue weighted by Crippen LogP contribution is -2.01. The third-order valence-electron chi connectivity index (χ3n) is 0.576. The maximum absolute atomic E-state index is 10.2. The van der Waals surface area contributed by atoms with E-state index in [1.807, 2.05) is 0 Å². The van der Waals surface area contributed by atoms with Crippen LogP contribution < -0.4 is 4.74 Å². The molecule has 0 radical (unpaired) electrons. The number of aromatic nitrogens is 2. The topological polar surface area (TPSA) is 52.1 Å². The molecule has 1 aromatic rings. The van der Waals surface area contributed by atoms with Crippen molar-refractivity contribution >= 4 is 17.5 Å². The largest absolute Gasteiger partial charge is 0.390 e. The van der Waals surface area contributed by atoms with Gasteiger partial charge in [-0.25, -0.2) is 0 Å². The molecule has 0 spiro atoms. The fourth-order valence-electron chi connectivity index (χ4n) is 0.334. The van der Waals surface area contributed by atoms with Crippen LogP contribution in [-0.4, -0.2) is 15.3 Å². The highest BCUT2D eigenvalue weighted by Crippen LogP contribution is 2.01. The van der Waals surface area contributed by atoms with E-state index in [9.17, 15) is 4.79 Å². The van der Waals surface area contributed by atoms with Gasteiger partial charge in [0.05, 0.1) is 0 Å². The van der Waals surface area contributed by atoms with Crippen molar-refractivity contribution in [1.29, 1.82) is 0 Å². The minimum atomic E-state index is -0.395. The van der Waals surface area contributed by atoms with Gasteiger partial charge in [-0.2, -0.15) is 4.98 Å². The number of hydrogen-bond acceptors (Lipinski definition) is 5. The smallest absolute Gasteiger partial charge is 0.336 e. The van der Waals surface area contributed by atoms with Gasteiger partial charge in [0.2, 0.25) is 0 Å². The minimum Gasteiger partial charge on any atom is -0.390 e. The Kier molecular flexibility index (Phi) is 1.74. The molecule has 0 N–H and O–H groups in total. The van der Waals surface area contributed by atoms with Gasteiger partial charge in [-0.1, -0.05) is 0 Å². The van der Waals surface area contributed by atoms with Crippen molar-refractivity contribution in [3.63, 3.8) is 0 Å². The zero-order chi connectivity index (χ0) is 6.69. The third-order valence-corrected chi connectivity index (χ3v) is 1.04. The molecule has 0 aliphatic heterocycles. The second-order valence-electron chi connectivity index (χ2n) is 1.31. The Balaban J connectivity index is 2.58. The van der Waals surface area contributed by atoms with E-state index in [1.165, 1.54) is 12.4 Å². The van der Waals surface area contributed by atoms with Crippen LogP contribution in [-0.2, 0) is 4.79 Å². The molecular weight excluding hydrogens is 140 g/mol. The van der Waals surface area contributed by atoms with Crippen LogP contribution in [0.3, 0.4) is 0 Å². The summed E-state index contributed by atoms with van der Waals surface area (Å²) in [4.78, 5) is 13.8. The summed E-state index contributed by atoms with van der Waals surface area (Å²) >= 11 is 1.14. The predicted octanol–water partition coefficient (Wildman–Crippen LogP) is 0.463. The highest BCUT2D eigenvalue weighted by molar-refractivity contribution is 7.03. The van der Waals surface area contributed by atoms with Gasteiger partial charge in [0, 0.05) is 6.92 Å². The molecule has 0 atom stereocenters. The average Bonchev–Trinajstić information content (AvgIpc) is 2.15. The SMILES string of the molecule is CC(=O)Oc1ncsn1. The standard InChI is InChI=1S/C4H4N2O2S/c1-3(7)8-4-5-2-9-6-4/h2H,1H3. The van der Waals surface area contributed by atoms with E-state index in [1.54, 1.807) is 0 Å². The minimum absolute atomic E-state index is 0.132. The van der Waals surface area contributed by atoms with Crippen LogP contribution in [0.5, 0.6) is 6.01 Å². The molecule has 0 bridgehead atoms. The Bertz CT molecular complexity index is 196. The number of nitrogens with zero attached hydrogens (tertiary/aromatic N) is 2. The van der Waals surface area contributed by atoms with Crippen LogP contribution in [0.4, 0.5) is 0 Å². The van der Waals surface area contributed by atoms with E-state index in [2.05, 4.69) is 14.1 Å². The fourth-order valence-corrected chi connectivity index (χ4v) is 0.693. The van der Waals surface area contributed by atoms with Crippen LogP contribution >= 0.6 is 11.5 Å². The summed E-state index contributed by atoms with van der Waals surface area (Å²) < 4.78 is 8.15. The number of carbonyl (C=O) groups is 1. The Morgan fingerprint density at radius 3 is 3.11 bits per heavy atom. The van der Waals surface area contributed by atoms with E-state index < -0.39 is 5.97 Å². The van der Waals surface area contributed by atoms with E-state index in [4.69, 9.17) is 0 Å². The third kappa shape index (κ3) is 1.77. The van der Waals surface area contributed by atoms with Gasteiger partial charge in [-0.05, 0) is 11.5 Å². The molecule has 0 aromatic carbocycles. The molecule has 0 fully saturated rings. The van der Waals surface area contributed by atoms with Crippen molar-refractivity contribution in [3.05, 3.63) is 5.51 Å². The molecule has 48 valence electrons. The van der Waals surface area contributed by atoms with Crippen molar-refractivity contribution in [1.82, 2.24) is 9.36 Å². The molecular formula is C4H4N2O2S. The monoisotopic (exact) mass is 144 g/mol. The molecule has 0 aliphatic rings. The number of carbonyl (C=O) groups excluding carboxylic acids is 1. The van der Waals surface area contributed by atoms with Crippen LogP contribution in [0, 0.1) is 0 Å². The molecule has 0 amide bonds. The lowest BCUT2D eigenvalue weighted by atomic mass is 10.8. The summed E-state index contributed by atoms with van der Waals surface area (Å²) in [6, 6.07) is 0.132. The van der Waals surface area contributed by atoms with Crippen molar-refractivity contribution in [2.45, 2.75) is 6.92 Å². The van der Waals surface area contributed by atoms with E-state index in [0.717, 1.165) is 11.5 Å². The van der Waals surface area contributed by atoms with Crippen LogP contribution in [0.15, 0.2) is 5.51 Å². The number of rotatable bonds is 1. The first-order valence-corrected chi connectivity index (χ1v) is 3.07. The highest BCUT2D eigenvalue weighted by atomic mass is 32.1. The van der Waals surface area contributed by atoms with Gasteiger partial charge in [-0.3, -0.25) is 4.79 Å². The molecule has 4 nitrogen and oxygen atoms in total. The Labute approximate surface area is 55.7 Å². The second-order valence-corrected chi connectivity index (χ2v) is 1.91. The van der Waals surface area contributed by atoms with Crippen molar-refractivity contribution in [2.24, 2.45) is 0 Å². The second kappa shape index (κ2) is 2.54. The van der Waals surface area contributed by atoms with Gasteiger partial charge in [-0.15, -0.1) is 4.37 Å². The van der Waals surface area contributed by atoms with Gasteiger partial charge in [0.15, 0.2) is 0 Å². The summed E-state index contributed by atoms with van der Waals surface area (Å²) in [6.07, 6.45) is 0. The first-order chi connectivity index (χ1) is 4.29. The van der Waals surface area contributed by atoms with Gasteiger partial charge in [0.1, 0.15) is 5.51 Å². The normalized spacial score (nSPS) is 9.00. The zero-order valence-corrected chi connectivity index (χ0v) is 5.51. The van der Waals surface area contributed by atoms with E-state index in [-0.39, 0.29) is 6.01 Å². The fraction of sp³-hybridized carbons (Fsp3) is 0.250. The van der Waals surface area contributed by atoms with Crippen molar-refractivity contribution in [3.8, 4) is 6.01 Å². The molecule has 1 heterocycles. The molecule has 0 saturated carbocycles. The summed E-state index contributed by atoms with van der Waals surface area (Å²) in [5, 5.41) is 0. The number of ether oxygens (including phenoxy) is 1. The van der Waals surface area contributed by atoms with Gasteiger partial charge >= 0.3 is 12.0 Å². The molecule has 1 aromatic heterocycles. The highest BCUT2D eigenvalue weighted by Gasteiger charge is 1.98. The maximum Gasteiger partial charge on any atom is 0.336 e. The average molecular weight is 144 g/mol. The zero-order valence-electron chi connectivity index (χ0n) is 4.70. The molecule has 1 rings (SSSR count). The predicted molar refractivity (Wildman–Crippen MR) is 31.2 cm³/mol. The first-order valence-electron chi connectivity index (χ1n) is 2.24. The van der Waals surface area contributed by atoms with Crippen LogP contribution in [0.2, 0.25) is 0 Å². The van der Waals surface area contributed by atoms with Gasteiger partial charge < -0.3 is 4.74 Å². The number of esters is 1. The van der Waals surface area contributed by atoms with Crippen molar-refractivity contribution in [2.75, 3.05) is 0 Å². The molecule has 0 aliphatic carbocycles. The maximum atomic E-state index is 10.2. The summed E-state index contributed by atoms with van der Waals surface area (Å²) in [5.74, 6) is -0.395. The summed E-state index contributed by atoms with van der Waals surface area (Å²) in [5.41, 5.74) is 1.50. The molecule has 5 heteroatoms. The summed E-state index contributed by atoms with van der Waals surface area (Å²) in [6.45, 7) is 1.31. The first kappa shape index (κ1) is 6.15. The van der Waals surface area contributed by atoms with Crippen LogP contribution in [0.1, 0.15) is 6.92 Å². The molecule has 9 heavy (non-hydrogen) atoms. The number of hydrogen-bond donors (Lipinski definition) is 0. The van der Waals surface area contributed by atoms with E-state index >= 15 is 0 Å². The van der Waals surface area contributed by atoms with Crippen molar-refractivity contribution < 1.29 is 9.53 Å². The Morgan fingerprint density at radius 2 is 2.67 bits per heavy atom. The molecule has 0 saturated heterocycles. The van der Waals surface area contributed by atoms with Crippen LogP contribution in [0.25, 0.3) is 0 Å². The summed E-state index contributed by atoms with van der Waals surface area (Å²) in [7, 11) is 0. The lowest BCUT2D eigenvalue weighted by molar-refractivity contribution is -0.132. The quantitative estimate of drug-likeness (QED) is 0.537. The Hall–Kier alpha value is -0.970. The van der Waals surface area contributed by atoms with Gasteiger partial charge in [0.25, 0.3) is 0 Å². The molecule has 0 unspecified atom stereocenters. The Morgan fingerprint density at radius 1 is 1.89 bits per heavy atom. The van der Waals surface area contributed by atoms with E-state index in [0.29, 0.717) is 0 Å².